The van der Waals surface area contributed by atoms with Crippen LogP contribution < -0.4 is 4.57 Å². The second-order valence-electron chi connectivity index (χ2n) is 6.26. The van der Waals surface area contributed by atoms with Crippen molar-refractivity contribution in [2.45, 2.75) is 52.8 Å². The Morgan fingerprint density at radius 1 is 1.14 bits per heavy atom. The summed E-state index contributed by atoms with van der Waals surface area (Å²) in [5.74, 6) is 0. The van der Waals surface area contributed by atoms with Crippen LogP contribution in [0.3, 0.4) is 0 Å². The van der Waals surface area contributed by atoms with Gasteiger partial charge in [0.1, 0.15) is 7.05 Å². The van der Waals surface area contributed by atoms with Gasteiger partial charge in [-0.05, 0) is 49.8 Å². The quantitative estimate of drug-likeness (QED) is 0.705. The van der Waals surface area contributed by atoms with E-state index in [0.29, 0.717) is 0 Å². The summed E-state index contributed by atoms with van der Waals surface area (Å²) in [5, 5.41) is 0. The van der Waals surface area contributed by atoms with E-state index in [1.54, 1.807) is 0 Å². The van der Waals surface area contributed by atoms with E-state index in [0.717, 1.165) is 29.5 Å². The number of nitrogens with zero attached hydrogens (tertiary/aromatic N) is 1. The van der Waals surface area contributed by atoms with E-state index in [1.165, 1.54) is 11.3 Å². The molecule has 0 N–H and O–H groups in total. The Labute approximate surface area is 132 Å². The SMILES string of the molecule is [2H]C([2H])c1ccc(-c2ccc(C(C)(CC)CC)c[n+]2C)c(C)c1. The molecule has 0 radical (unpaired) electrons. The van der Waals surface area contributed by atoms with Crippen LogP contribution in [0.4, 0.5) is 0 Å². The van der Waals surface area contributed by atoms with Crippen molar-refractivity contribution in [1.82, 2.24) is 0 Å². The number of benzene rings is 1. The van der Waals surface area contributed by atoms with Crippen molar-refractivity contribution in [3.8, 4) is 11.3 Å². The van der Waals surface area contributed by atoms with Gasteiger partial charge in [0, 0.05) is 19.9 Å². The van der Waals surface area contributed by atoms with Crippen LogP contribution in [-0.2, 0) is 12.5 Å². The second kappa shape index (κ2) is 6.01. The fourth-order valence-corrected chi connectivity index (χ4v) is 2.88. The number of aromatic nitrogens is 1. The fourth-order valence-electron chi connectivity index (χ4n) is 2.88. The molecule has 0 unspecified atom stereocenters. The zero-order valence-corrected chi connectivity index (χ0v) is 13.9. The van der Waals surface area contributed by atoms with Gasteiger partial charge in [-0.2, -0.15) is 0 Å². The molecular weight excluding hydrogens is 254 g/mol. The van der Waals surface area contributed by atoms with Gasteiger partial charge in [-0.25, -0.2) is 4.57 Å². The largest absolute Gasteiger partial charge is 0.212 e. The molecule has 0 aliphatic heterocycles. The minimum absolute atomic E-state index is 0.221. The normalized spacial score (nSPS) is 13.2. The maximum absolute atomic E-state index is 7.53. The Kier molecular flexibility index (Phi) is 3.74. The van der Waals surface area contributed by atoms with E-state index >= 15 is 0 Å². The molecule has 0 fully saturated rings. The molecule has 112 valence electrons. The molecule has 1 aromatic carbocycles. The van der Waals surface area contributed by atoms with Crippen molar-refractivity contribution in [3.05, 3.63) is 53.2 Å². The van der Waals surface area contributed by atoms with Crippen LogP contribution in [0.25, 0.3) is 11.3 Å². The van der Waals surface area contributed by atoms with Crippen LogP contribution in [0, 0.1) is 13.8 Å². The Morgan fingerprint density at radius 2 is 1.86 bits per heavy atom. The highest BCUT2D eigenvalue weighted by Crippen LogP contribution is 2.31. The molecule has 2 aromatic rings. The van der Waals surface area contributed by atoms with E-state index < -0.39 is 6.88 Å². The molecular formula is C20H28N+. The van der Waals surface area contributed by atoms with E-state index in [1.807, 2.05) is 18.2 Å². The molecule has 21 heavy (non-hydrogen) atoms. The summed E-state index contributed by atoms with van der Waals surface area (Å²) in [6.45, 7) is 7.95. The van der Waals surface area contributed by atoms with Gasteiger partial charge in [0.25, 0.3) is 0 Å². The zero-order chi connectivity index (χ0) is 17.2. The highest BCUT2D eigenvalue weighted by molar-refractivity contribution is 5.61. The third kappa shape index (κ3) is 3.02. The summed E-state index contributed by atoms with van der Waals surface area (Å²) in [6.07, 6.45) is 4.50. The minimum Gasteiger partial charge on any atom is -0.201 e. The van der Waals surface area contributed by atoms with E-state index in [4.69, 9.17) is 2.74 Å². The van der Waals surface area contributed by atoms with Gasteiger partial charge >= 0.3 is 0 Å². The lowest BCUT2D eigenvalue weighted by molar-refractivity contribution is -0.661. The summed E-state index contributed by atoms with van der Waals surface area (Å²) in [7, 11) is 2.09. The lowest BCUT2D eigenvalue weighted by atomic mass is 9.78. The summed E-state index contributed by atoms with van der Waals surface area (Å²) in [6, 6.07) is 10.3. The molecule has 0 amide bonds. The van der Waals surface area contributed by atoms with Crippen LogP contribution in [0.15, 0.2) is 36.5 Å². The summed E-state index contributed by atoms with van der Waals surface area (Å²) < 4.78 is 17.3. The fraction of sp³-hybridized carbons (Fsp3) is 0.450. The van der Waals surface area contributed by atoms with Crippen LogP contribution in [0.1, 0.15) is 53.0 Å². The summed E-state index contributed by atoms with van der Waals surface area (Å²) >= 11 is 0. The highest BCUT2D eigenvalue weighted by atomic mass is 14.9. The molecule has 0 atom stereocenters. The molecule has 1 heteroatoms. The maximum atomic E-state index is 7.53. The third-order valence-electron chi connectivity index (χ3n) is 4.92. The molecule has 0 aliphatic rings. The molecule has 1 heterocycles. The molecule has 0 saturated carbocycles. The number of hydrogen-bond donors (Lipinski definition) is 0. The second-order valence-corrected chi connectivity index (χ2v) is 6.26. The Hall–Kier alpha value is -1.63. The average molecular weight is 284 g/mol. The standard InChI is InChI=1S/C20H28N/c1-7-20(5,8-2)17-10-12-19(21(6)14-17)18-11-9-15(3)13-16(18)4/h9-14H,7-8H2,1-6H3/q+1/i3D2. The van der Waals surface area contributed by atoms with Crippen molar-refractivity contribution >= 4 is 0 Å². The maximum Gasteiger partial charge on any atom is 0.212 e. The third-order valence-corrected chi connectivity index (χ3v) is 4.92. The van der Waals surface area contributed by atoms with Crippen LogP contribution >= 0.6 is 0 Å². The number of rotatable bonds is 4. The smallest absolute Gasteiger partial charge is 0.201 e. The van der Waals surface area contributed by atoms with Gasteiger partial charge in [-0.15, -0.1) is 0 Å². The van der Waals surface area contributed by atoms with Gasteiger partial charge in [-0.1, -0.05) is 38.5 Å². The van der Waals surface area contributed by atoms with Gasteiger partial charge in [0.2, 0.25) is 5.69 Å². The molecule has 2 rings (SSSR count). The van der Waals surface area contributed by atoms with E-state index in [-0.39, 0.29) is 5.41 Å². The predicted octanol–water partition coefficient (Wildman–Crippen LogP) is 4.87. The molecule has 0 spiro atoms. The Morgan fingerprint density at radius 3 is 2.38 bits per heavy atom. The van der Waals surface area contributed by atoms with Crippen molar-refractivity contribution in [1.29, 1.82) is 0 Å². The van der Waals surface area contributed by atoms with Crippen molar-refractivity contribution in [2.24, 2.45) is 7.05 Å². The van der Waals surface area contributed by atoms with Gasteiger partial charge < -0.3 is 0 Å². The first-order chi connectivity index (χ1) is 10.8. The highest BCUT2D eigenvalue weighted by Gasteiger charge is 2.25. The first kappa shape index (κ1) is 13.1. The molecule has 1 nitrogen and oxygen atoms in total. The van der Waals surface area contributed by atoms with Crippen LogP contribution in [0.5, 0.6) is 0 Å². The monoisotopic (exact) mass is 284 g/mol. The van der Waals surface area contributed by atoms with Crippen LogP contribution in [-0.4, -0.2) is 0 Å². The van der Waals surface area contributed by atoms with Gasteiger partial charge in [0.15, 0.2) is 6.20 Å². The van der Waals surface area contributed by atoms with Gasteiger partial charge in [0.05, 0.1) is 0 Å². The number of hydrogen-bond acceptors (Lipinski definition) is 0. The van der Waals surface area contributed by atoms with E-state index in [2.05, 4.69) is 57.6 Å². The first-order valence-corrected chi connectivity index (χ1v) is 7.78. The number of aryl methyl sites for hydroxylation is 3. The molecule has 1 aromatic heterocycles. The molecule has 0 aliphatic carbocycles. The van der Waals surface area contributed by atoms with Crippen molar-refractivity contribution in [2.75, 3.05) is 0 Å². The first-order valence-electron chi connectivity index (χ1n) is 8.93. The number of pyridine rings is 1. The minimum atomic E-state index is -0.923. The Balaban J connectivity index is 2.46. The average Bonchev–Trinajstić information content (AvgIpc) is 2.54. The van der Waals surface area contributed by atoms with Crippen molar-refractivity contribution in [3.63, 3.8) is 0 Å². The van der Waals surface area contributed by atoms with Crippen molar-refractivity contribution < 1.29 is 7.31 Å². The summed E-state index contributed by atoms with van der Waals surface area (Å²) in [5.41, 5.74) is 5.79. The lowest BCUT2D eigenvalue weighted by Gasteiger charge is -2.26. The van der Waals surface area contributed by atoms with Crippen LogP contribution in [0.2, 0.25) is 0 Å². The summed E-state index contributed by atoms with van der Waals surface area (Å²) in [4.78, 5) is 0. The lowest BCUT2D eigenvalue weighted by Crippen LogP contribution is -2.34. The zero-order valence-electron chi connectivity index (χ0n) is 15.9. The molecule has 0 saturated heterocycles. The molecule has 0 bridgehead atoms. The predicted molar refractivity (Wildman–Crippen MR) is 90.5 cm³/mol. The van der Waals surface area contributed by atoms with Gasteiger partial charge in [-0.3, -0.25) is 0 Å². The van der Waals surface area contributed by atoms with E-state index in [9.17, 15) is 0 Å². The topological polar surface area (TPSA) is 3.88 Å². The Bertz CT molecular complexity index is 688.